The number of carbonyl (C=O) groups is 1. The topological polar surface area (TPSA) is 105 Å². The highest BCUT2D eigenvalue weighted by Crippen LogP contribution is 2.31. The van der Waals surface area contributed by atoms with Crippen LogP contribution in [-0.2, 0) is 14.8 Å². The van der Waals surface area contributed by atoms with Gasteiger partial charge in [0.2, 0.25) is 11.8 Å². The minimum absolute atomic E-state index is 0.0443. The summed E-state index contributed by atoms with van der Waals surface area (Å²) in [6.07, 6.45) is 1.07. The first-order valence-corrected chi connectivity index (χ1v) is 11.6. The van der Waals surface area contributed by atoms with Crippen LogP contribution in [0.4, 0.5) is 10.4 Å². The van der Waals surface area contributed by atoms with E-state index >= 15 is 0 Å². The van der Waals surface area contributed by atoms with Crippen molar-refractivity contribution in [1.29, 1.82) is 0 Å². The lowest BCUT2D eigenvalue weighted by Crippen LogP contribution is -2.43. The van der Waals surface area contributed by atoms with Crippen LogP contribution < -0.4 is 5.32 Å². The summed E-state index contributed by atoms with van der Waals surface area (Å²) >= 11 is 6.84. The van der Waals surface area contributed by atoms with E-state index in [1.807, 2.05) is 0 Å². The first kappa shape index (κ1) is 20.9. The fourth-order valence-corrected chi connectivity index (χ4v) is 6.29. The Labute approximate surface area is 180 Å². The highest BCUT2D eigenvalue weighted by atomic mass is 35.5. The number of piperidine rings is 1. The summed E-state index contributed by atoms with van der Waals surface area (Å²) < 4.78 is 45.9. The molecule has 2 aromatic heterocycles. The van der Waals surface area contributed by atoms with Crippen LogP contribution in [0.15, 0.2) is 45.0 Å². The van der Waals surface area contributed by atoms with Gasteiger partial charge in [0.25, 0.3) is 10.0 Å². The molecule has 1 fully saturated rings. The Morgan fingerprint density at radius 3 is 2.70 bits per heavy atom. The van der Waals surface area contributed by atoms with Gasteiger partial charge in [-0.05, 0) is 49.2 Å². The standard InChI is InChI=1S/C18H16ClFN4O4S2/c19-14-7-8-15(29-14)30(26,27)24-9-1-2-12(10-24)16(25)21-18-23-22-17(28-18)11-3-5-13(20)6-4-11/h3-8,12H,1-2,9-10H2,(H,21,23,25). The molecule has 0 aliphatic carbocycles. The van der Waals surface area contributed by atoms with Crippen molar-refractivity contribution in [3.05, 3.63) is 46.6 Å². The Bertz CT molecular complexity index is 1160. The summed E-state index contributed by atoms with van der Waals surface area (Å²) in [5, 5.41) is 10.2. The number of thiophene rings is 1. The molecule has 12 heteroatoms. The first-order valence-electron chi connectivity index (χ1n) is 8.99. The van der Waals surface area contributed by atoms with E-state index in [1.54, 1.807) is 0 Å². The number of anilines is 1. The minimum atomic E-state index is -3.71. The van der Waals surface area contributed by atoms with Gasteiger partial charge in [0.05, 0.1) is 10.3 Å². The van der Waals surface area contributed by atoms with Crippen LogP contribution in [0.25, 0.3) is 11.5 Å². The molecule has 1 saturated heterocycles. The molecule has 0 spiro atoms. The Kier molecular flexibility index (Phi) is 5.87. The number of halogens is 2. The van der Waals surface area contributed by atoms with Crippen molar-refractivity contribution in [2.45, 2.75) is 17.1 Å². The second kappa shape index (κ2) is 8.42. The van der Waals surface area contributed by atoms with Crippen molar-refractivity contribution in [2.24, 2.45) is 5.92 Å². The number of rotatable bonds is 5. The predicted molar refractivity (Wildman–Crippen MR) is 109 cm³/mol. The van der Waals surface area contributed by atoms with Gasteiger partial charge in [-0.15, -0.1) is 16.4 Å². The van der Waals surface area contributed by atoms with Crippen molar-refractivity contribution in [3.63, 3.8) is 0 Å². The van der Waals surface area contributed by atoms with Crippen LogP contribution in [0.5, 0.6) is 0 Å². The number of amides is 1. The average molecular weight is 471 g/mol. The first-order chi connectivity index (χ1) is 14.3. The van der Waals surface area contributed by atoms with Gasteiger partial charge in [0.1, 0.15) is 10.0 Å². The summed E-state index contributed by atoms with van der Waals surface area (Å²) in [6, 6.07) is 8.36. The number of hydrogen-bond acceptors (Lipinski definition) is 7. The molecule has 3 heterocycles. The third-order valence-corrected chi connectivity index (χ3v) is 8.21. The summed E-state index contributed by atoms with van der Waals surface area (Å²) in [7, 11) is -3.71. The van der Waals surface area contributed by atoms with Crippen molar-refractivity contribution in [1.82, 2.24) is 14.5 Å². The van der Waals surface area contributed by atoms with E-state index in [9.17, 15) is 17.6 Å². The predicted octanol–water partition coefficient (Wildman–Crippen LogP) is 3.63. The van der Waals surface area contributed by atoms with Gasteiger partial charge in [0.15, 0.2) is 0 Å². The van der Waals surface area contributed by atoms with Crippen LogP contribution in [0.1, 0.15) is 12.8 Å². The molecular formula is C18H16ClFN4O4S2. The average Bonchev–Trinajstić information content (AvgIpc) is 3.38. The third-order valence-electron chi connectivity index (χ3n) is 4.64. The zero-order chi connectivity index (χ0) is 21.3. The summed E-state index contributed by atoms with van der Waals surface area (Å²) in [6.45, 7) is 0.375. The normalized spacial score (nSPS) is 17.7. The molecule has 4 rings (SSSR count). The number of benzene rings is 1. The van der Waals surface area contributed by atoms with Gasteiger partial charge in [-0.3, -0.25) is 10.1 Å². The molecule has 1 atom stereocenters. The molecule has 1 aliphatic rings. The number of aromatic nitrogens is 2. The van der Waals surface area contributed by atoms with Crippen LogP contribution in [0.2, 0.25) is 4.34 Å². The molecule has 158 valence electrons. The number of hydrogen-bond donors (Lipinski definition) is 1. The summed E-state index contributed by atoms with van der Waals surface area (Å²) in [5.41, 5.74) is 0.508. The molecule has 0 saturated carbocycles. The summed E-state index contributed by atoms with van der Waals surface area (Å²) in [4.78, 5) is 12.6. The molecule has 0 radical (unpaired) electrons. The fourth-order valence-electron chi connectivity index (χ4n) is 3.13. The van der Waals surface area contributed by atoms with E-state index in [0.717, 1.165) is 11.3 Å². The molecule has 1 unspecified atom stereocenters. The SMILES string of the molecule is O=C(Nc1nnc(-c2ccc(F)cc2)o1)C1CCCN(S(=O)(=O)c2ccc(Cl)s2)C1. The van der Waals surface area contributed by atoms with E-state index in [2.05, 4.69) is 15.5 Å². The third kappa shape index (κ3) is 4.38. The van der Waals surface area contributed by atoms with Crippen molar-refractivity contribution < 1.29 is 22.0 Å². The van der Waals surface area contributed by atoms with E-state index in [4.69, 9.17) is 16.0 Å². The molecule has 1 aliphatic heterocycles. The molecule has 1 N–H and O–H groups in total. The zero-order valence-corrected chi connectivity index (χ0v) is 17.8. The lowest BCUT2D eigenvalue weighted by Gasteiger charge is -2.30. The Morgan fingerprint density at radius 1 is 1.23 bits per heavy atom. The van der Waals surface area contributed by atoms with Crippen LogP contribution in [0, 0.1) is 11.7 Å². The molecule has 1 amide bonds. The highest BCUT2D eigenvalue weighted by Gasteiger charge is 2.34. The Balaban J connectivity index is 1.43. The molecular weight excluding hydrogens is 455 g/mol. The maximum Gasteiger partial charge on any atom is 0.322 e. The monoisotopic (exact) mass is 470 g/mol. The van der Waals surface area contributed by atoms with E-state index in [-0.39, 0.29) is 22.7 Å². The fraction of sp³-hybridized carbons (Fsp3) is 0.278. The van der Waals surface area contributed by atoms with Gasteiger partial charge in [0, 0.05) is 18.7 Å². The van der Waals surface area contributed by atoms with E-state index in [1.165, 1.54) is 40.7 Å². The van der Waals surface area contributed by atoms with Crippen LogP contribution >= 0.6 is 22.9 Å². The lowest BCUT2D eigenvalue weighted by atomic mass is 9.99. The smallest absolute Gasteiger partial charge is 0.322 e. The second-order valence-electron chi connectivity index (χ2n) is 6.67. The number of nitrogens with one attached hydrogen (secondary N) is 1. The molecule has 1 aromatic carbocycles. The zero-order valence-electron chi connectivity index (χ0n) is 15.4. The Morgan fingerprint density at radius 2 is 2.00 bits per heavy atom. The van der Waals surface area contributed by atoms with Gasteiger partial charge >= 0.3 is 6.01 Å². The van der Waals surface area contributed by atoms with E-state index < -0.39 is 27.7 Å². The van der Waals surface area contributed by atoms with Gasteiger partial charge in [-0.25, -0.2) is 12.8 Å². The minimum Gasteiger partial charge on any atom is -0.403 e. The van der Waals surface area contributed by atoms with Gasteiger partial charge in [-0.2, -0.15) is 4.31 Å². The van der Waals surface area contributed by atoms with E-state index in [0.29, 0.717) is 29.3 Å². The Hall–Kier alpha value is -2.34. The van der Waals surface area contributed by atoms with Crippen molar-refractivity contribution in [3.8, 4) is 11.5 Å². The van der Waals surface area contributed by atoms with Gasteiger partial charge < -0.3 is 4.42 Å². The molecule has 0 bridgehead atoms. The lowest BCUT2D eigenvalue weighted by molar-refractivity contribution is -0.121. The number of sulfonamides is 1. The highest BCUT2D eigenvalue weighted by molar-refractivity contribution is 7.91. The van der Waals surface area contributed by atoms with Gasteiger partial charge in [-0.1, -0.05) is 16.7 Å². The quantitative estimate of drug-likeness (QED) is 0.610. The summed E-state index contributed by atoms with van der Waals surface area (Å²) in [5.74, 6) is -1.24. The van der Waals surface area contributed by atoms with Crippen LogP contribution in [0.3, 0.4) is 0 Å². The van der Waals surface area contributed by atoms with Crippen molar-refractivity contribution >= 4 is 44.9 Å². The van der Waals surface area contributed by atoms with Crippen molar-refractivity contribution in [2.75, 3.05) is 18.4 Å². The molecule has 3 aromatic rings. The number of nitrogens with zero attached hydrogens (tertiary/aromatic N) is 3. The largest absolute Gasteiger partial charge is 0.403 e. The molecule has 8 nitrogen and oxygen atoms in total. The van der Waals surface area contributed by atoms with Crippen LogP contribution in [-0.4, -0.2) is 41.9 Å². The number of carbonyl (C=O) groups excluding carboxylic acids is 1. The molecule has 30 heavy (non-hydrogen) atoms. The second-order valence-corrected chi connectivity index (χ2v) is 10.5. The maximum absolute atomic E-state index is 13.0. The maximum atomic E-state index is 13.0.